The topological polar surface area (TPSA) is 107 Å². The van der Waals surface area contributed by atoms with Crippen LogP contribution >= 0.6 is 11.6 Å². The number of primary amides is 1. The third kappa shape index (κ3) is 6.03. The molecule has 0 aliphatic rings. The zero-order valence-corrected chi connectivity index (χ0v) is 17.7. The maximum atomic E-state index is 13.9. The summed E-state index contributed by atoms with van der Waals surface area (Å²) in [5.41, 5.74) is 6.83. The summed E-state index contributed by atoms with van der Waals surface area (Å²) < 4.78 is 19.4. The van der Waals surface area contributed by atoms with Gasteiger partial charge in [0.05, 0.1) is 16.0 Å². The molecule has 0 heterocycles. The molecule has 0 saturated heterocycles. The van der Waals surface area contributed by atoms with E-state index in [-0.39, 0.29) is 35.2 Å². The molecule has 3 aromatic rings. The molecule has 1 unspecified atom stereocenters. The molecule has 0 saturated carbocycles. The van der Waals surface area contributed by atoms with Crippen LogP contribution in [0.4, 0.5) is 10.1 Å². The first kappa shape index (κ1) is 23.2. The van der Waals surface area contributed by atoms with Gasteiger partial charge in [-0.3, -0.25) is 14.9 Å². The van der Waals surface area contributed by atoms with Gasteiger partial charge >= 0.3 is 5.69 Å². The summed E-state index contributed by atoms with van der Waals surface area (Å²) in [5, 5.41) is 14.7. The first-order chi connectivity index (χ1) is 15.3. The Kier molecular flexibility index (Phi) is 7.75. The number of carbonyl (C=O) groups is 1. The number of carbonyl (C=O) groups excluding carboxylic acids is 1. The summed E-state index contributed by atoms with van der Waals surface area (Å²) in [5.74, 6) is -1.10. The van der Waals surface area contributed by atoms with Crippen LogP contribution in [0.5, 0.6) is 5.75 Å². The average Bonchev–Trinajstić information content (AvgIpc) is 2.77. The van der Waals surface area contributed by atoms with Crippen molar-refractivity contribution in [2.75, 3.05) is 0 Å². The average molecular weight is 458 g/mol. The van der Waals surface area contributed by atoms with Crippen LogP contribution in [0, 0.1) is 15.9 Å². The van der Waals surface area contributed by atoms with Crippen molar-refractivity contribution in [1.29, 1.82) is 0 Å². The van der Waals surface area contributed by atoms with Gasteiger partial charge in [0.1, 0.15) is 12.4 Å². The SMILES string of the molecule is NC(=O)C(Cc1ccccc1)NCc1ccc(OCc2c(F)cccc2Cl)c([N+](=O)[O-])c1. The van der Waals surface area contributed by atoms with E-state index in [0.29, 0.717) is 12.0 Å². The predicted octanol–water partition coefficient (Wildman–Crippen LogP) is 4.15. The van der Waals surface area contributed by atoms with Crippen LogP contribution in [0.1, 0.15) is 16.7 Å². The monoisotopic (exact) mass is 457 g/mol. The number of hydrogen-bond donors (Lipinski definition) is 2. The minimum Gasteiger partial charge on any atom is -0.482 e. The zero-order chi connectivity index (χ0) is 23.1. The fourth-order valence-corrected chi connectivity index (χ4v) is 3.34. The van der Waals surface area contributed by atoms with Crippen LogP contribution in [-0.2, 0) is 24.4 Å². The van der Waals surface area contributed by atoms with Gasteiger partial charge in [0, 0.05) is 18.2 Å². The molecule has 1 atom stereocenters. The van der Waals surface area contributed by atoms with E-state index in [1.807, 2.05) is 30.3 Å². The molecule has 166 valence electrons. The third-order valence-electron chi connectivity index (χ3n) is 4.83. The van der Waals surface area contributed by atoms with Crippen molar-refractivity contribution in [1.82, 2.24) is 5.32 Å². The van der Waals surface area contributed by atoms with Crippen molar-refractivity contribution in [3.63, 3.8) is 0 Å². The van der Waals surface area contributed by atoms with Gasteiger partial charge in [-0.2, -0.15) is 0 Å². The number of amides is 1. The number of benzene rings is 3. The lowest BCUT2D eigenvalue weighted by Crippen LogP contribution is -2.42. The van der Waals surface area contributed by atoms with Crippen molar-refractivity contribution in [2.45, 2.75) is 25.6 Å². The summed E-state index contributed by atoms with van der Waals surface area (Å²) in [6.45, 7) is -0.0779. The second kappa shape index (κ2) is 10.7. The third-order valence-corrected chi connectivity index (χ3v) is 5.19. The first-order valence-electron chi connectivity index (χ1n) is 9.74. The van der Waals surface area contributed by atoms with E-state index >= 15 is 0 Å². The maximum Gasteiger partial charge on any atom is 0.311 e. The Labute approximate surface area is 189 Å². The molecular formula is C23H21ClFN3O4. The Hall–Kier alpha value is -3.49. The number of ether oxygens (including phenoxy) is 1. The standard InChI is InChI=1S/C23H21ClFN3O4/c24-18-7-4-8-19(25)17(18)14-32-22-10-9-16(12-21(22)28(30)31)13-27-20(23(26)29)11-15-5-2-1-3-6-15/h1-10,12,20,27H,11,13-14H2,(H2,26,29). The molecule has 3 N–H and O–H groups in total. The largest absolute Gasteiger partial charge is 0.482 e. The van der Waals surface area contributed by atoms with E-state index in [0.717, 1.165) is 5.56 Å². The molecule has 0 radical (unpaired) electrons. The number of rotatable bonds is 10. The highest BCUT2D eigenvalue weighted by Crippen LogP contribution is 2.30. The molecule has 1 amide bonds. The van der Waals surface area contributed by atoms with E-state index in [4.69, 9.17) is 22.1 Å². The normalized spacial score (nSPS) is 11.7. The van der Waals surface area contributed by atoms with Gasteiger partial charge < -0.3 is 15.8 Å². The summed E-state index contributed by atoms with van der Waals surface area (Å²) in [6.07, 6.45) is 0.392. The quantitative estimate of drug-likeness (QED) is 0.351. The van der Waals surface area contributed by atoms with Gasteiger partial charge in [0.25, 0.3) is 0 Å². The fraction of sp³-hybridized carbons (Fsp3) is 0.174. The van der Waals surface area contributed by atoms with Crippen LogP contribution in [0.2, 0.25) is 5.02 Å². The van der Waals surface area contributed by atoms with E-state index < -0.39 is 22.7 Å². The van der Waals surface area contributed by atoms with Crippen LogP contribution in [0.15, 0.2) is 66.7 Å². The molecule has 0 fully saturated rings. The smallest absolute Gasteiger partial charge is 0.311 e. The number of nitro benzene ring substituents is 1. The van der Waals surface area contributed by atoms with Gasteiger partial charge in [-0.15, -0.1) is 0 Å². The lowest BCUT2D eigenvalue weighted by molar-refractivity contribution is -0.386. The summed E-state index contributed by atoms with van der Waals surface area (Å²) >= 11 is 5.98. The molecule has 0 aromatic heterocycles. The van der Waals surface area contributed by atoms with Gasteiger partial charge in [-0.1, -0.05) is 54.1 Å². The van der Waals surface area contributed by atoms with Gasteiger partial charge in [-0.05, 0) is 35.7 Å². The number of nitrogens with one attached hydrogen (secondary N) is 1. The fourth-order valence-electron chi connectivity index (χ4n) is 3.12. The number of hydrogen-bond acceptors (Lipinski definition) is 5. The van der Waals surface area contributed by atoms with E-state index in [2.05, 4.69) is 5.32 Å². The molecule has 32 heavy (non-hydrogen) atoms. The molecule has 0 aliphatic heterocycles. The van der Waals surface area contributed by atoms with Gasteiger partial charge in [-0.25, -0.2) is 4.39 Å². The zero-order valence-electron chi connectivity index (χ0n) is 17.0. The molecule has 7 nitrogen and oxygen atoms in total. The molecule has 9 heteroatoms. The van der Waals surface area contributed by atoms with Gasteiger partial charge in [0.15, 0.2) is 5.75 Å². The Morgan fingerprint density at radius 1 is 1.12 bits per heavy atom. The lowest BCUT2D eigenvalue weighted by atomic mass is 10.0. The molecule has 0 spiro atoms. The first-order valence-corrected chi connectivity index (χ1v) is 10.1. The van der Waals surface area contributed by atoms with Crippen molar-refractivity contribution in [2.24, 2.45) is 5.73 Å². The van der Waals surface area contributed by atoms with Crippen LogP contribution in [0.3, 0.4) is 0 Å². The number of nitrogens with two attached hydrogens (primary N) is 1. The highest BCUT2D eigenvalue weighted by Gasteiger charge is 2.19. The lowest BCUT2D eigenvalue weighted by Gasteiger charge is -2.16. The molecule has 0 bridgehead atoms. The molecule has 3 rings (SSSR count). The van der Waals surface area contributed by atoms with Crippen molar-refractivity contribution in [3.05, 3.63) is 104 Å². The van der Waals surface area contributed by atoms with Gasteiger partial charge in [0.2, 0.25) is 5.91 Å². The molecule has 0 aliphatic carbocycles. The van der Waals surface area contributed by atoms with E-state index in [1.54, 1.807) is 6.07 Å². The number of nitrogens with zero attached hydrogens (tertiary/aromatic N) is 1. The van der Waals surface area contributed by atoms with E-state index in [1.165, 1.54) is 30.3 Å². The predicted molar refractivity (Wildman–Crippen MR) is 119 cm³/mol. The number of halogens is 2. The minimum absolute atomic E-state index is 0.0196. The Bertz CT molecular complexity index is 1090. The van der Waals surface area contributed by atoms with Crippen molar-refractivity contribution >= 4 is 23.2 Å². The van der Waals surface area contributed by atoms with Crippen LogP contribution < -0.4 is 15.8 Å². The van der Waals surface area contributed by atoms with E-state index in [9.17, 15) is 19.3 Å². The maximum absolute atomic E-state index is 13.9. The highest BCUT2D eigenvalue weighted by atomic mass is 35.5. The Morgan fingerprint density at radius 3 is 2.53 bits per heavy atom. The Balaban J connectivity index is 1.71. The summed E-state index contributed by atoms with van der Waals surface area (Å²) in [6, 6.07) is 17.3. The molecule has 3 aromatic carbocycles. The number of nitro groups is 1. The second-order valence-electron chi connectivity index (χ2n) is 7.07. The van der Waals surface area contributed by atoms with Crippen molar-refractivity contribution in [3.8, 4) is 5.75 Å². The Morgan fingerprint density at radius 2 is 1.88 bits per heavy atom. The molecular weight excluding hydrogens is 437 g/mol. The minimum atomic E-state index is -0.643. The van der Waals surface area contributed by atoms with Crippen LogP contribution in [-0.4, -0.2) is 16.9 Å². The van der Waals surface area contributed by atoms with Crippen LogP contribution in [0.25, 0.3) is 0 Å². The second-order valence-corrected chi connectivity index (χ2v) is 7.48. The summed E-state index contributed by atoms with van der Waals surface area (Å²) in [4.78, 5) is 22.8. The summed E-state index contributed by atoms with van der Waals surface area (Å²) in [7, 11) is 0. The highest BCUT2D eigenvalue weighted by molar-refractivity contribution is 6.31. The van der Waals surface area contributed by atoms with Crippen molar-refractivity contribution < 1.29 is 18.8 Å².